The molecule has 2 N–H and O–H groups in total. The summed E-state index contributed by atoms with van der Waals surface area (Å²) in [7, 11) is 2.60. The zero-order valence-corrected chi connectivity index (χ0v) is 16.7. The molecule has 0 radical (unpaired) electrons. The Balaban J connectivity index is 2.18. The molecule has 9 heteroatoms. The van der Waals surface area contributed by atoms with Crippen LogP contribution in [0.15, 0.2) is 10.8 Å². The molecule has 0 aromatic carbocycles. The molecule has 1 atom stereocenters. The molecule has 0 aliphatic heterocycles. The van der Waals surface area contributed by atoms with Gasteiger partial charge in [-0.1, -0.05) is 0 Å². The van der Waals surface area contributed by atoms with Crippen molar-refractivity contribution in [1.29, 1.82) is 0 Å². The summed E-state index contributed by atoms with van der Waals surface area (Å²) in [6.45, 7) is 5.32. The Labute approximate surface area is 159 Å². The third-order valence-corrected chi connectivity index (χ3v) is 5.85. The Morgan fingerprint density at radius 2 is 1.38 bits per heavy atom. The number of thiophene rings is 2. The molecule has 0 fully saturated rings. The fraction of sp³-hybridized carbons (Fsp3) is 0.353. The van der Waals surface area contributed by atoms with E-state index in [4.69, 9.17) is 9.47 Å². The van der Waals surface area contributed by atoms with Crippen LogP contribution >= 0.6 is 22.7 Å². The van der Waals surface area contributed by atoms with Crippen molar-refractivity contribution in [3.05, 3.63) is 31.6 Å². The third kappa shape index (κ3) is 4.05. The van der Waals surface area contributed by atoms with Crippen LogP contribution in [0.25, 0.3) is 0 Å². The Hall–Kier alpha value is -2.39. The zero-order chi connectivity index (χ0) is 19.4. The topological polar surface area (TPSA) is 93.7 Å². The highest BCUT2D eigenvalue weighted by Gasteiger charge is 2.24. The van der Waals surface area contributed by atoms with Crippen LogP contribution in [0.2, 0.25) is 0 Å². The van der Waals surface area contributed by atoms with Gasteiger partial charge in [-0.15, -0.1) is 22.7 Å². The minimum absolute atomic E-state index is 0.335. The van der Waals surface area contributed by atoms with Crippen LogP contribution in [0.4, 0.5) is 11.4 Å². The van der Waals surface area contributed by atoms with Crippen molar-refractivity contribution < 1.29 is 23.9 Å². The number of nitrogens with one attached hydrogen (secondary N) is 2. The third-order valence-electron chi connectivity index (χ3n) is 3.69. The number of esters is 2. The molecule has 0 aliphatic rings. The van der Waals surface area contributed by atoms with Crippen LogP contribution in [0.1, 0.15) is 37.4 Å². The van der Waals surface area contributed by atoms with Crippen LogP contribution in [0.3, 0.4) is 0 Å². The average molecular weight is 396 g/mol. The van der Waals surface area contributed by atoms with Gasteiger partial charge in [-0.05, 0) is 42.7 Å². The highest BCUT2D eigenvalue weighted by molar-refractivity contribution is 7.13. The van der Waals surface area contributed by atoms with Gasteiger partial charge in [0.2, 0.25) is 5.91 Å². The quantitative estimate of drug-likeness (QED) is 0.727. The first-order chi connectivity index (χ1) is 12.3. The number of amides is 1. The normalized spacial score (nSPS) is 11.6. The van der Waals surface area contributed by atoms with Crippen LogP contribution in [-0.4, -0.2) is 38.1 Å². The number of anilines is 2. The number of methoxy groups -OCH3 is 2. The maximum atomic E-state index is 12.6. The van der Waals surface area contributed by atoms with E-state index in [9.17, 15) is 14.4 Å². The summed E-state index contributed by atoms with van der Waals surface area (Å²) in [6, 6.07) is -0.642. The van der Waals surface area contributed by atoms with Crippen molar-refractivity contribution in [3.8, 4) is 0 Å². The molecule has 1 unspecified atom stereocenters. The molecule has 140 valence electrons. The number of ether oxygens (including phenoxy) is 2. The minimum Gasteiger partial charge on any atom is -0.465 e. The molecule has 0 spiro atoms. The van der Waals surface area contributed by atoms with Gasteiger partial charge in [0.25, 0.3) is 0 Å². The standard InChI is InChI=1S/C17H20N2O5S2/c1-8-6-25-13(16(21)23-4)11(8)18-10(3)15(20)19-12-9(2)7-26-14(12)17(22)24-5/h6-7,10,18H,1-5H3,(H,19,20). The van der Waals surface area contributed by atoms with Crippen LogP contribution < -0.4 is 10.6 Å². The van der Waals surface area contributed by atoms with Crippen LogP contribution in [0, 0.1) is 13.8 Å². The highest BCUT2D eigenvalue weighted by atomic mass is 32.1. The van der Waals surface area contributed by atoms with Gasteiger partial charge >= 0.3 is 11.9 Å². The number of hydrogen-bond donors (Lipinski definition) is 2. The summed E-state index contributed by atoms with van der Waals surface area (Å²) >= 11 is 2.46. The van der Waals surface area contributed by atoms with Gasteiger partial charge in [0.15, 0.2) is 0 Å². The lowest BCUT2D eigenvalue weighted by Gasteiger charge is -2.17. The van der Waals surface area contributed by atoms with E-state index in [0.29, 0.717) is 21.1 Å². The number of rotatable bonds is 6. The fourth-order valence-corrected chi connectivity index (χ4v) is 4.07. The van der Waals surface area contributed by atoms with Crippen molar-refractivity contribution in [2.45, 2.75) is 26.8 Å². The smallest absolute Gasteiger partial charge is 0.350 e. The highest BCUT2D eigenvalue weighted by Crippen LogP contribution is 2.30. The molecular formula is C17H20N2O5S2. The summed E-state index contributed by atoms with van der Waals surface area (Å²) in [5.74, 6) is -1.29. The van der Waals surface area contributed by atoms with E-state index in [1.807, 2.05) is 12.3 Å². The van der Waals surface area contributed by atoms with Crippen molar-refractivity contribution in [3.63, 3.8) is 0 Å². The van der Waals surface area contributed by atoms with Crippen molar-refractivity contribution in [2.75, 3.05) is 24.9 Å². The first-order valence-electron chi connectivity index (χ1n) is 7.70. The first-order valence-corrected chi connectivity index (χ1v) is 9.46. The summed E-state index contributed by atoms with van der Waals surface area (Å²) in [4.78, 5) is 37.0. The summed E-state index contributed by atoms with van der Waals surface area (Å²) < 4.78 is 9.51. The van der Waals surface area contributed by atoms with Crippen molar-refractivity contribution in [2.24, 2.45) is 0 Å². The Kier molecular flexibility index (Phi) is 6.38. The van der Waals surface area contributed by atoms with E-state index in [2.05, 4.69) is 10.6 Å². The molecule has 2 rings (SSSR count). The molecule has 2 aromatic rings. The lowest BCUT2D eigenvalue weighted by molar-refractivity contribution is -0.116. The lowest BCUT2D eigenvalue weighted by atomic mass is 10.2. The molecule has 2 aromatic heterocycles. The van der Waals surface area contributed by atoms with Crippen molar-refractivity contribution >= 4 is 51.9 Å². The Morgan fingerprint density at radius 3 is 1.88 bits per heavy atom. The van der Waals surface area contributed by atoms with E-state index in [1.165, 1.54) is 36.9 Å². The van der Waals surface area contributed by atoms with Crippen LogP contribution in [0.5, 0.6) is 0 Å². The number of hydrogen-bond acceptors (Lipinski definition) is 8. The fourth-order valence-electron chi connectivity index (χ4n) is 2.22. The molecule has 0 saturated carbocycles. The number of carbonyl (C=O) groups excluding carboxylic acids is 3. The molecule has 0 bridgehead atoms. The van der Waals surface area contributed by atoms with Gasteiger partial charge in [0, 0.05) is 0 Å². The summed E-state index contributed by atoms with van der Waals surface area (Å²) in [5.41, 5.74) is 2.63. The molecule has 2 heterocycles. The largest absolute Gasteiger partial charge is 0.465 e. The molecule has 1 amide bonds. The Morgan fingerprint density at radius 1 is 0.923 bits per heavy atom. The van der Waals surface area contributed by atoms with Gasteiger partial charge < -0.3 is 20.1 Å². The van der Waals surface area contributed by atoms with E-state index in [1.54, 1.807) is 19.2 Å². The minimum atomic E-state index is -0.642. The maximum absolute atomic E-state index is 12.6. The second-order valence-electron chi connectivity index (χ2n) is 5.58. The molecule has 7 nitrogen and oxygen atoms in total. The number of aryl methyl sites for hydroxylation is 2. The van der Waals surface area contributed by atoms with Crippen LogP contribution in [-0.2, 0) is 14.3 Å². The molecule has 0 aliphatic carbocycles. The SMILES string of the molecule is COC(=O)c1scc(C)c1NC(=O)C(C)Nc1c(C)csc1C(=O)OC. The average Bonchev–Trinajstić information content (AvgIpc) is 3.17. The predicted octanol–water partition coefficient (Wildman–Crippen LogP) is 3.44. The lowest BCUT2D eigenvalue weighted by Crippen LogP contribution is -2.33. The molecule has 0 saturated heterocycles. The second-order valence-corrected chi connectivity index (χ2v) is 7.34. The molecule has 26 heavy (non-hydrogen) atoms. The van der Waals surface area contributed by atoms with Gasteiger partial charge in [-0.2, -0.15) is 0 Å². The van der Waals surface area contributed by atoms with E-state index in [-0.39, 0.29) is 5.91 Å². The second kappa shape index (κ2) is 8.33. The van der Waals surface area contributed by atoms with E-state index in [0.717, 1.165) is 11.1 Å². The summed E-state index contributed by atoms with van der Waals surface area (Å²) in [6.07, 6.45) is 0. The number of carbonyl (C=O) groups is 3. The van der Waals surface area contributed by atoms with E-state index >= 15 is 0 Å². The molecular weight excluding hydrogens is 376 g/mol. The first kappa shape index (κ1) is 19.9. The van der Waals surface area contributed by atoms with Gasteiger partial charge in [0.1, 0.15) is 15.8 Å². The monoisotopic (exact) mass is 396 g/mol. The van der Waals surface area contributed by atoms with E-state index < -0.39 is 18.0 Å². The van der Waals surface area contributed by atoms with Gasteiger partial charge in [0.05, 0.1) is 25.6 Å². The van der Waals surface area contributed by atoms with Gasteiger partial charge in [-0.3, -0.25) is 4.79 Å². The zero-order valence-electron chi connectivity index (χ0n) is 15.1. The maximum Gasteiger partial charge on any atom is 0.350 e. The van der Waals surface area contributed by atoms with Gasteiger partial charge in [-0.25, -0.2) is 9.59 Å². The Bertz CT molecular complexity index is 840. The summed E-state index contributed by atoms with van der Waals surface area (Å²) in [5, 5.41) is 9.41. The van der Waals surface area contributed by atoms with Crippen molar-refractivity contribution in [1.82, 2.24) is 0 Å². The predicted molar refractivity (Wildman–Crippen MR) is 103 cm³/mol.